The van der Waals surface area contributed by atoms with E-state index in [2.05, 4.69) is 24.1 Å². The highest BCUT2D eigenvalue weighted by Gasteiger charge is 2.53. The van der Waals surface area contributed by atoms with E-state index in [1.54, 1.807) is 24.3 Å². The molecule has 2 atom stereocenters. The van der Waals surface area contributed by atoms with Crippen molar-refractivity contribution < 1.29 is 27.5 Å². The Balaban J connectivity index is 1.16. The Labute approximate surface area is 221 Å². The molecular weight excluding hydrogens is 495 g/mol. The molecule has 2 aromatic rings. The van der Waals surface area contributed by atoms with Gasteiger partial charge in [-0.3, -0.25) is 14.5 Å². The van der Waals surface area contributed by atoms with Crippen molar-refractivity contribution in [3.05, 3.63) is 59.7 Å². The van der Waals surface area contributed by atoms with E-state index >= 15 is 0 Å². The molecule has 0 radical (unpaired) electrons. The molecule has 2 aliphatic heterocycles. The van der Waals surface area contributed by atoms with E-state index in [9.17, 15) is 22.8 Å². The summed E-state index contributed by atoms with van der Waals surface area (Å²) in [6.45, 7) is 6.47. The fourth-order valence-corrected chi connectivity index (χ4v) is 6.25. The molecule has 204 valence electrons. The minimum Gasteiger partial charge on any atom is -0.457 e. The number of carbonyl (C=O) groups excluding carboxylic acids is 2. The summed E-state index contributed by atoms with van der Waals surface area (Å²) in [5, 5.41) is 3.34. The lowest BCUT2D eigenvalue weighted by Crippen LogP contribution is -2.65. The van der Waals surface area contributed by atoms with Crippen LogP contribution in [0.3, 0.4) is 0 Å². The second-order valence-electron chi connectivity index (χ2n) is 11.1. The third-order valence-corrected chi connectivity index (χ3v) is 8.30. The molecule has 3 aliphatic rings. The average Bonchev–Trinajstić information content (AvgIpc) is 3.51. The largest absolute Gasteiger partial charge is 0.457 e. The van der Waals surface area contributed by atoms with Gasteiger partial charge in [0.2, 0.25) is 5.91 Å². The van der Waals surface area contributed by atoms with Gasteiger partial charge in [-0.15, -0.1) is 0 Å². The molecular formula is C29H34F3N3O3. The number of amides is 2. The van der Waals surface area contributed by atoms with Crippen LogP contribution in [-0.2, 0) is 11.0 Å². The molecule has 1 aliphatic carbocycles. The van der Waals surface area contributed by atoms with Gasteiger partial charge < -0.3 is 15.0 Å². The SMILES string of the molecule is CC(C)N1CCC[C@H]1C(=O)NC1CCCC12CN(C(=O)c1ccc(Oc3ccc(C(F)(F)F)cc3)cc1)C2. The molecule has 2 saturated heterocycles. The van der Waals surface area contributed by atoms with Crippen molar-refractivity contribution in [2.45, 2.75) is 70.3 Å². The van der Waals surface area contributed by atoms with Gasteiger partial charge in [0.25, 0.3) is 5.91 Å². The quantitative estimate of drug-likeness (QED) is 0.538. The van der Waals surface area contributed by atoms with Crippen molar-refractivity contribution in [3.63, 3.8) is 0 Å². The van der Waals surface area contributed by atoms with Gasteiger partial charge in [-0.05, 0) is 94.6 Å². The smallest absolute Gasteiger partial charge is 0.416 e. The Morgan fingerprint density at radius 3 is 2.21 bits per heavy atom. The number of halogens is 3. The first-order valence-corrected chi connectivity index (χ1v) is 13.4. The zero-order chi connectivity index (χ0) is 27.1. The zero-order valence-electron chi connectivity index (χ0n) is 21.8. The predicted molar refractivity (Wildman–Crippen MR) is 137 cm³/mol. The van der Waals surface area contributed by atoms with E-state index in [4.69, 9.17) is 4.74 Å². The first kappa shape index (κ1) is 26.5. The molecule has 9 heteroatoms. The van der Waals surface area contributed by atoms with Crippen molar-refractivity contribution in [1.82, 2.24) is 15.1 Å². The maximum atomic E-state index is 13.1. The average molecular weight is 530 g/mol. The number of nitrogens with zero attached hydrogens (tertiary/aromatic N) is 2. The van der Waals surface area contributed by atoms with Crippen molar-refractivity contribution in [2.24, 2.45) is 5.41 Å². The highest BCUT2D eigenvalue weighted by atomic mass is 19.4. The summed E-state index contributed by atoms with van der Waals surface area (Å²) in [4.78, 5) is 30.3. The van der Waals surface area contributed by atoms with Crippen molar-refractivity contribution >= 4 is 11.8 Å². The number of hydrogen-bond acceptors (Lipinski definition) is 4. The van der Waals surface area contributed by atoms with Gasteiger partial charge in [-0.1, -0.05) is 6.42 Å². The number of alkyl halides is 3. The van der Waals surface area contributed by atoms with Crippen molar-refractivity contribution in [1.29, 1.82) is 0 Å². The maximum Gasteiger partial charge on any atom is 0.416 e. The van der Waals surface area contributed by atoms with E-state index in [1.165, 1.54) is 12.1 Å². The second kappa shape index (κ2) is 10.2. The molecule has 2 heterocycles. The first-order chi connectivity index (χ1) is 18.1. The molecule has 2 amide bonds. The Kier molecular flexibility index (Phi) is 7.15. The van der Waals surface area contributed by atoms with Gasteiger partial charge in [-0.25, -0.2) is 0 Å². The lowest BCUT2D eigenvalue weighted by Gasteiger charge is -2.51. The van der Waals surface area contributed by atoms with Gasteiger partial charge in [0.15, 0.2) is 0 Å². The lowest BCUT2D eigenvalue weighted by atomic mass is 9.74. The Morgan fingerprint density at radius 1 is 0.974 bits per heavy atom. The topological polar surface area (TPSA) is 61.9 Å². The number of ether oxygens (including phenoxy) is 1. The molecule has 1 saturated carbocycles. The van der Waals surface area contributed by atoms with Crippen molar-refractivity contribution in [3.8, 4) is 11.5 Å². The molecule has 1 unspecified atom stereocenters. The van der Waals surface area contributed by atoms with Gasteiger partial charge >= 0.3 is 6.18 Å². The van der Waals surface area contributed by atoms with Crippen LogP contribution in [0.1, 0.15) is 61.9 Å². The summed E-state index contributed by atoms with van der Waals surface area (Å²) >= 11 is 0. The minimum absolute atomic E-state index is 0.0573. The van der Waals surface area contributed by atoms with Crippen LogP contribution in [0.25, 0.3) is 0 Å². The summed E-state index contributed by atoms with van der Waals surface area (Å²) < 4.78 is 43.9. The third-order valence-electron chi connectivity index (χ3n) is 8.30. The van der Waals surface area contributed by atoms with Crippen LogP contribution in [-0.4, -0.2) is 59.4 Å². The first-order valence-electron chi connectivity index (χ1n) is 13.4. The number of carbonyl (C=O) groups is 2. The van der Waals surface area contributed by atoms with Crippen LogP contribution in [0.2, 0.25) is 0 Å². The second-order valence-corrected chi connectivity index (χ2v) is 11.1. The van der Waals surface area contributed by atoms with Crippen molar-refractivity contribution in [2.75, 3.05) is 19.6 Å². The van der Waals surface area contributed by atoms with E-state index in [1.807, 2.05) is 4.90 Å². The summed E-state index contributed by atoms with van der Waals surface area (Å²) in [7, 11) is 0. The van der Waals surface area contributed by atoms with E-state index in [0.717, 1.165) is 50.8 Å². The lowest BCUT2D eigenvalue weighted by molar-refractivity contribution is -0.137. The van der Waals surface area contributed by atoms with E-state index in [-0.39, 0.29) is 35.1 Å². The molecule has 3 fully saturated rings. The van der Waals surface area contributed by atoms with Gasteiger partial charge in [0.1, 0.15) is 11.5 Å². The highest BCUT2D eigenvalue weighted by Crippen LogP contribution is 2.46. The van der Waals surface area contributed by atoms with E-state index < -0.39 is 11.7 Å². The third kappa shape index (κ3) is 5.25. The molecule has 1 spiro atoms. The van der Waals surface area contributed by atoms with Crippen LogP contribution in [0.15, 0.2) is 48.5 Å². The number of rotatable bonds is 6. The van der Waals surface area contributed by atoms with Crippen LogP contribution in [0.5, 0.6) is 11.5 Å². The molecule has 6 nitrogen and oxygen atoms in total. The summed E-state index contributed by atoms with van der Waals surface area (Å²) in [5.41, 5.74) is -0.270. The van der Waals surface area contributed by atoms with Gasteiger partial charge in [-0.2, -0.15) is 13.2 Å². The summed E-state index contributed by atoms with van der Waals surface area (Å²) in [6, 6.07) is 11.5. The van der Waals surface area contributed by atoms with E-state index in [0.29, 0.717) is 30.4 Å². The Hall–Kier alpha value is -3.07. The number of nitrogens with one attached hydrogen (secondary N) is 1. The molecule has 0 bridgehead atoms. The Bertz CT molecular complexity index is 1160. The highest BCUT2D eigenvalue weighted by molar-refractivity contribution is 5.95. The van der Waals surface area contributed by atoms with Crippen LogP contribution in [0, 0.1) is 5.41 Å². The zero-order valence-corrected chi connectivity index (χ0v) is 21.8. The number of benzene rings is 2. The molecule has 38 heavy (non-hydrogen) atoms. The maximum absolute atomic E-state index is 13.1. The van der Waals surface area contributed by atoms with Gasteiger partial charge in [0.05, 0.1) is 11.6 Å². The summed E-state index contributed by atoms with van der Waals surface area (Å²) in [5.74, 6) is 0.763. The Morgan fingerprint density at radius 2 is 1.61 bits per heavy atom. The molecule has 0 aromatic heterocycles. The predicted octanol–water partition coefficient (Wildman–Crippen LogP) is 5.48. The molecule has 5 rings (SSSR count). The number of likely N-dealkylation sites (tertiary alicyclic amines) is 2. The normalized spacial score (nSPS) is 23.1. The number of hydrogen-bond donors (Lipinski definition) is 1. The van der Waals surface area contributed by atoms with Crippen LogP contribution < -0.4 is 10.1 Å². The fourth-order valence-electron chi connectivity index (χ4n) is 6.25. The standard InChI is InChI=1S/C29H34F3N3O3/c1-19(2)35-16-4-5-24(35)26(36)33-25-6-3-15-28(25)17-34(18-28)27(37)20-7-11-22(12-8-20)38-23-13-9-21(10-14-23)29(30,31)32/h7-14,19,24-25H,3-6,15-18H2,1-2H3,(H,33,36)/t24-,25?/m0/s1. The van der Waals surface area contributed by atoms with Crippen LogP contribution in [0.4, 0.5) is 13.2 Å². The van der Waals surface area contributed by atoms with Gasteiger partial charge in [0, 0.05) is 36.2 Å². The van der Waals surface area contributed by atoms with Crippen LogP contribution >= 0.6 is 0 Å². The minimum atomic E-state index is -4.40. The summed E-state index contributed by atoms with van der Waals surface area (Å²) in [6.07, 6.45) is 0.528. The fraction of sp³-hybridized carbons (Fsp3) is 0.517. The molecule has 1 N–H and O–H groups in total. The monoisotopic (exact) mass is 529 g/mol. The molecule has 2 aromatic carbocycles.